The van der Waals surface area contributed by atoms with Gasteiger partial charge >= 0.3 is 0 Å². The lowest BCUT2D eigenvalue weighted by Crippen LogP contribution is -1.93. The van der Waals surface area contributed by atoms with Gasteiger partial charge in [0.05, 0.1) is 0 Å². The number of rotatable bonds is 3. The number of fused-ring (bicyclic) bond motifs is 1. The summed E-state index contributed by atoms with van der Waals surface area (Å²) in [6, 6.07) is 14.2. The Labute approximate surface area is 95.7 Å². The van der Waals surface area contributed by atoms with Gasteiger partial charge in [0.15, 0.2) is 0 Å². The molecule has 2 aromatic carbocycles. The van der Waals surface area contributed by atoms with E-state index in [4.69, 9.17) is 4.74 Å². The molecule has 0 spiro atoms. The monoisotopic (exact) mass is 210 g/mol. The van der Waals surface area contributed by atoms with Crippen LogP contribution in [0.2, 0.25) is 0 Å². The van der Waals surface area contributed by atoms with Crippen molar-refractivity contribution < 1.29 is 4.74 Å². The summed E-state index contributed by atoms with van der Waals surface area (Å²) in [6.07, 6.45) is 0. The fourth-order valence-corrected chi connectivity index (χ4v) is 1.46. The van der Waals surface area contributed by atoms with E-state index in [0.717, 1.165) is 16.7 Å². The summed E-state index contributed by atoms with van der Waals surface area (Å²) in [5.41, 5.74) is 0.841. The Balaban J connectivity index is 2.33. The summed E-state index contributed by atoms with van der Waals surface area (Å²) >= 11 is 0. The standard InChI is InChI=1S/C15H14O/c1-11(2)12(3)16-15-9-8-13-6-4-5-7-14(13)10-15/h4-10H,1,3H2,2H3. The van der Waals surface area contributed by atoms with E-state index in [-0.39, 0.29) is 0 Å². The minimum absolute atomic E-state index is 0.607. The van der Waals surface area contributed by atoms with Crippen LogP contribution in [0.5, 0.6) is 5.75 Å². The summed E-state index contributed by atoms with van der Waals surface area (Å²) in [5, 5.41) is 2.37. The fraction of sp³-hybridized carbons (Fsp3) is 0.0667. The van der Waals surface area contributed by atoms with E-state index in [1.54, 1.807) is 0 Å². The van der Waals surface area contributed by atoms with Crippen LogP contribution in [0.25, 0.3) is 10.8 Å². The van der Waals surface area contributed by atoms with Crippen molar-refractivity contribution in [3.05, 3.63) is 67.0 Å². The molecule has 0 radical (unpaired) electrons. The van der Waals surface area contributed by atoms with Gasteiger partial charge < -0.3 is 4.74 Å². The van der Waals surface area contributed by atoms with E-state index < -0.39 is 0 Å². The molecule has 0 saturated carbocycles. The molecule has 0 amide bonds. The van der Waals surface area contributed by atoms with Gasteiger partial charge in [-0.2, -0.15) is 0 Å². The first-order valence-corrected chi connectivity index (χ1v) is 5.18. The van der Waals surface area contributed by atoms with Crippen LogP contribution >= 0.6 is 0 Å². The molecule has 2 rings (SSSR count). The molecule has 0 atom stereocenters. The quantitative estimate of drug-likeness (QED) is 0.542. The van der Waals surface area contributed by atoms with Crippen molar-refractivity contribution >= 4 is 10.8 Å². The molecular formula is C15H14O. The van der Waals surface area contributed by atoms with Gasteiger partial charge in [0, 0.05) is 0 Å². The predicted molar refractivity (Wildman–Crippen MR) is 68.5 cm³/mol. The lowest BCUT2D eigenvalue weighted by Gasteiger charge is -2.08. The minimum atomic E-state index is 0.607. The van der Waals surface area contributed by atoms with E-state index >= 15 is 0 Å². The summed E-state index contributed by atoms with van der Waals surface area (Å²) in [6.45, 7) is 9.48. The van der Waals surface area contributed by atoms with Crippen LogP contribution in [0.1, 0.15) is 6.92 Å². The van der Waals surface area contributed by atoms with Crippen LogP contribution in [0.4, 0.5) is 0 Å². The smallest absolute Gasteiger partial charge is 0.128 e. The lowest BCUT2D eigenvalue weighted by molar-refractivity contribution is 0.440. The Kier molecular flexibility index (Phi) is 2.78. The van der Waals surface area contributed by atoms with Gasteiger partial charge in [-0.05, 0) is 35.4 Å². The Morgan fingerprint density at radius 3 is 2.38 bits per heavy atom. The molecular weight excluding hydrogens is 196 g/mol. The van der Waals surface area contributed by atoms with E-state index in [2.05, 4.69) is 25.3 Å². The van der Waals surface area contributed by atoms with Crippen LogP contribution < -0.4 is 4.74 Å². The first-order valence-electron chi connectivity index (χ1n) is 5.18. The van der Waals surface area contributed by atoms with Crippen molar-refractivity contribution in [1.29, 1.82) is 0 Å². The molecule has 0 N–H and O–H groups in total. The lowest BCUT2D eigenvalue weighted by atomic mass is 10.1. The highest BCUT2D eigenvalue weighted by atomic mass is 16.5. The summed E-state index contributed by atoms with van der Waals surface area (Å²) in [7, 11) is 0. The van der Waals surface area contributed by atoms with Crippen LogP contribution in [0, 0.1) is 0 Å². The number of benzene rings is 2. The maximum Gasteiger partial charge on any atom is 0.128 e. The topological polar surface area (TPSA) is 9.23 Å². The van der Waals surface area contributed by atoms with Gasteiger partial charge in [0.2, 0.25) is 0 Å². The second-order valence-corrected chi connectivity index (χ2v) is 3.81. The van der Waals surface area contributed by atoms with Crippen molar-refractivity contribution in [1.82, 2.24) is 0 Å². The number of ether oxygens (including phenoxy) is 1. The van der Waals surface area contributed by atoms with Gasteiger partial charge in [0.25, 0.3) is 0 Å². The first-order chi connectivity index (χ1) is 7.66. The molecule has 0 unspecified atom stereocenters. The maximum absolute atomic E-state index is 5.59. The van der Waals surface area contributed by atoms with E-state index in [1.165, 1.54) is 5.39 Å². The molecule has 1 nitrogen and oxygen atoms in total. The second-order valence-electron chi connectivity index (χ2n) is 3.81. The molecule has 16 heavy (non-hydrogen) atoms. The predicted octanol–water partition coefficient (Wildman–Crippen LogP) is 4.31. The van der Waals surface area contributed by atoms with Crippen molar-refractivity contribution in [2.45, 2.75) is 6.92 Å². The molecule has 0 aliphatic heterocycles. The average Bonchev–Trinajstić information content (AvgIpc) is 2.28. The molecule has 1 heteroatoms. The van der Waals surface area contributed by atoms with Crippen molar-refractivity contribution in [3.8, 4) is 5.75 Å². The molecule has 2 aromatic rings. The fourth-order valence-electron chi connectivity index (χ4n) is 1.46. The average molecular weight is 210 g/mol. The van der Waals surface area contributed by atoms with Gasteiger partial charge in [-0.15, -0.1) is 0 Å². The highest BCUT2D eigenvalue weighted by Crippen LogP contribution is 2.22. The van der Waals surface area contributed by atoms with E-state index in [0.29, 0.717) is 5.76 Å². The molecule has 0 aromatic heterocycles. The molecule has 0 bridgehead atoms. The molecule has 0 fully saturated rings. The maximum atomic E-state index is 5.59. The van der Waals surface area contributed by atoms with Crippen LogP contribution in [0.3, 0.4) is 0 Å². The zero-order valence-electron chi connectivity index (χ0n) is 9.36. The molecule has 0 saturated heterocycles. The van der Waals surface area contributed by atoms with Gasteiger partial charge in [-0.3, -0.25) is 0 Å². The van der Waals surface area contributed by atoms with Gasteiger partial charge in [-0.25, -0.2) is 0 Å². The number of hydrogen-bond donors (Lipinski definition) is 0. The van der Waals surface area contributed by atoms with Crippen LogP contribution in [-0.4, -0.2) is 0 Å². The summed E-state index contributed by atoms with van der Waals surface area (Å²) < 4.78 is 5.59. The normalized spacial score (nSPS) is 10.1. The third-order valence-electron chi connectivity index (χ3n) is 2.44. The Bertz CT molecular complexity index is 552. The molecule has 0 heterocycles. The van der Waals surface area contributed by atoms with E-state index in [1.807, 2.05) is 37.3 Å². The SMILES string of the molecule is C=C(C)C(=C)Oc1ccc2ccccc2c1. The van der Waals surface area contributed by atoms with Crippen molar-refractivity contribution in [2.75, 3.05) is 0 Å². The van der Waals surface area contributed by atoms with Gasteiger partial charge in [0.1, 0.15) is 11.5 Å². The Hall–Kier alpha value is -2.02. The third-order valence-corrected chi connectivity index (χ3v) is 2.44. The molecule has 0 aliphatic carbocycles. The minimum Gasteiger partial charge on any atom is -0.458 e. The molecule has 80 valence electrons. The summed E-state index contributed by atoms with van der Waals surface area (Å²) in [4.78, 5) is 0. The van der Waals surface area contributed by atoms with Crippen LogP contribution in [-0.2, 0) is 0 Å². The van der Waals surface area contributed by atoms with Crippen molar-refractivity contribution in [3.63, 3.8) is 0 Å². The van der Waals surface area contributed by atoms with Crippen molar-refractivity contribution in [2.24, 2.45) is 0 Å². The number of allylic oxidation sites excluding steroid dienone is 1. The zero-order valence-corrected chi connectivity index (χ0v) is 9.36. The Morgan fingerprint density at radius 1 is 1.00 bits per heavy atom. The highest BCUT2D eigenvalue weighted by Gasteiger charge is 2.00. The van der Waals surface area contributed by atoms with Crippen LogP contribution in [0.15, 0.2) is 67.0 Å². The second kappa shape index (κ2) is 4.23. The Morgan fingerprint density at radius 2 is 1.69 bits per heavy atom. The largest absolute Gasteiger partial charge is 0.458 e. The number of hydrogen-bond acceptors (Lipinski definition) is 1. The zero-order chi connectivity index (χ0) is 11.5. The van der Waals surface area contributed by atoms with E-state index in [9.17, 15) is 0 Å². The third kappa shape index (κ3) is 2.14. The highest BCUT2D eigenvalue weighted by molar-refractivity contribution is 5.83. The summed E-state index contributed by atoms with van der Waals surface area (Å²) in [5.74, 6) is 1.40. The first kappa shape index (κ1) is 10.5. The van der Waals surface area contributed by atoms with Gasteiger partial charge in [-0.1, -0.05) is 43.5 Å². The molecule has 0 aliphatic rings.